The van der Waals surface area contributed by atoms with Gasteiger partial charge in [0, 0.05) is 23.7 Å². The van der Waals surface area contributed by atoms with Gasteiger partial charge in [-0.3, -0.25) is 0 Å². The Kier molecular flexibility index (Phi) is 4.66. The number of benzene rings is 1. The predicted octanol–water partition coefficient (Wildman–Crippen LogP) is 3.40. The maximum Gasteiger partial charge on any atom is 0.0471 e. The first-order valence-corrected chi connectivity index (χ1v) is 7.12. The molecule has 2 nitrogen and oxygen atoms in total. The summed E-state index contributed by atoms with van der Waals surface area (Å²) in [5, 5.41) is 13.7. The van der Waals surface area contributed by atoms with Crippen molar-refractivity contribution in [1.29, 1.82) is 0 Å². The second kappa shape index (κ2) is 6.05. The Morgan fingerprint density at radius 1 is 1.28 bits per heavy atom. The molecule has 100 valence electrons. The number of halogens is 1. The standard InChI is InChI=1S/C15H22ClNO/c1-10(9-18)11(2)17-15(12-3-4-12)13-5-7-14(16)8-6-13/h5-8,10-12,15,17-18H,3-4,9H2,1-2H3. The predicted molar refractivity (Wildman–Crippen MR) is 75.8 cm³/mol. The van der Waals surface area contributed by atoms with Gasteiger partial charge in [0.25, 0.3) is 0 Å². The quantitative estimate of drug-likeness (QED) is 0.828. The van der Waals surface area contributed by atoms with Gasteiger partial charge in [-0.25, -0.2) is 0 Å². The molecule has 0 aromatic heterocycles. The van der Waals surface area contributed by atoms with Crippen LogP contribution in [0.15, 0.2) is 24.3 Å². The third-order valence-corrected chi connectivity index (χ3v) is 4.16. The molecule has 2 N–H and O–H groups in total. The fraction of sp³-hybridized carbons (Fsp3) is 0.600. The van der Waals surface area contributed by atoms with Gasteiger partial charge in [-0.1, -0.05) is 30.7 Å². The lowest BCUT2D eigenvalue weighted by Crippen LogP contribution is -2.37. The first-order chi connectivity index (χ1) is 8.61. The second-order valence-electron chi connectivity index (χ2n) is 5.48. The van der Waals surface area contributed by atoms with Crippen molar-refractivity contribution in [1.82, 2.24) is 5.32 Å². The molecule has 0 spiro atoms. The van der Waals surface area contributed by atoms with E-state index in [9.17, 15) is 5.11 Å². The highest BCUT2D eigenvalue weighted by atomic mass is 35.5. The fourth-order valence-electron chi connectivity index (χ4n) is 2.21. The van der Waals surface area contributed by atoms with Gasteiger partial charge in [-0.05, 0) is 49.3 Å². The van der Waals surface area contributed by atoms with Crippen molar-refractivity contribution < 1.29 is 5.11 Å². The molecule has 0 bridgehead atoms. The van der Waals surface area contributed by atoms with Crippen LogP contribution in [0.5, 0.6) is 0 Å². The lowest BCUT2D eigenvalue weighted by Gasteiger charge is -2.27. The molecule has 0 heterocycles. The Hall–Kier alpha value is -0.570. The summed E-state index contributed by atoms with van der Waals surface area (Å²) in [7, 11) is 0. The van der Waals surface area contributed by atoms with Crippen LogP contribution >= 0.6 is 11.6 Å². The molecule has 1 aromatic rings. The number of aliphatic hydroxyl groups excluding tert-OH is 1. The van der Waals surface area contributed by atoms with Gasteiger partial charge in [-0.2, -0.15) is 0 Å². The van der Waals surface area contributed by atoms with Crippen LogP contribution in [0.4, 0.5) is 0 Å². The molecular weight excluding hydrogens is 246 g/mol. The molecule has 0 saturated heterocycles. The van der Waals surface area contributed by atoms with Crippen molar-refractivity contribution in [2.45, 2.75) is 38.8 Å². The van der Waals surface area contributed by atoms with Crippen molar-refractivity contribution in [3.63, 3.8) is 0 Å². The zero-order valence-corrected chi connectivity index (χ0v) is 11.8. The maximum atomic E-state index is 9.22. The third kappa shape index (κ3) is 3.47. The summed E-state index contributed by atoms with van der Waals surface area (Å²) in [6.45, 7) is 4.45. The van der Waals surface area contributed by atoms with E-state index < -0.39 is 0 Å². The van der Waals surface area contributed by atoms with E-state index in [1.165, 1.54) is 18.4 Å². The molecule has 3 heteroatoms. The molecule has 0 amide bonds. The van der Waals surface area contributed by atoms with Gasteiger partial charge in [0.1, 0.15) is 0 Å². The Bertz CT molecular complexity index is 375. The van der Waals surface area contributed by atoms with E-state index in [2.05, 4.69) is 31.3 Å². The molecule has 3 unspecified atom stereocenters. The summed E-state index contributed by atoms with van der Waals surface area (Å²) in [5.41, 5.74) is 1.30. The van der Waals surface area contributed by atoms with E-state index in [-0.39, 0.29) is 12.5 Å². The third-order valence-electron chi connectivity index (χ3n) is 3.91. The Labute approximate surface area is 114 Å². The van der Waals surface area contributed by atoms with Crippen LogP contribution in [0.1, 0.15) is 38.3 Å². The molecule has 1 aliphatic carbocycles. The Morgan fingerprint density at radius 2 is 1.89 bits per heavy atom. The van der Waals surface area contributed by atoms with Gasteiger partial charge in [-0.15, -0.1) is 0 Å². The van der Waals surface area contributed by atoms with Crippen molar-refractivity contribution in [2.75, 3.05) is 6.61 Å². The van der Waals surface area contributed by atoms with Crippen molar-refractivity contribution in [3.8, 4) is 0 Å². The average molecular weight is 268 g/mol. The zero-order chi connectivity index (χ0) is 13.1. The summed E-state index contributed by atoms with van der Waals surface area (Å²) in [5.74, 6) is 1.01. The minimum Gasteiger partial charge on any atom is -0.396 e. The van der Waals surface area contributed by atoms with E-state index in [1.54, 1.807) is 0 Å². The highest BCUT2D eigenvalue weighted by molar-refractivity contribution is 6.30. The molecular formula is C15H22ClNO. The highest BCUT2D eigenvalue weighted by Gasteiger charge is 2.33. The zero-order valence-electron chi connectivity index (χ0n) is 11.1. The van der Waals surface area contributed by atoms with Crippen LogP contribution in [0, 0.1) is 11.8 Å². The topological polar surface area (TPSA) is 32.3 Å². The van der Waals surface area contributed by atoms with Crippen molar-refractivity contribution >= 4 is 11.6 Å². The summed E-state index contributed by atoms with van der Waals surface area (Å²) < 4.78 is 0. The van der Waals surface area contributed by atoms with Crippen LogP contribution in [-0.4, -0.2) is 17.8 Å². The first-order valence-electron chi connectivity index (χ1n) is 6.74. The van der Waals surface area contributed by atoms with E-state index in [4.69, 9.17) is 11.6 Å². The van der Waals surface area contributed by atoms with Gasteiger partial charge in [0.05, 0.1) is 0 Å². The lowest BCUT2D eigenvalue weighted by molar-refractivity contribution is 0.198. The molecule has 1 saturated carbocycles. The SMILES string of the molecule is CC(CO)C(C)NC(c1ccc(Cl)cc1)C1CC1. The lowest BCUT2D eigenvalue weighted by atomic mass is 9.98. The summed E-state index contributed by atoms with van der Waals surface area (Å²) in [4.78, 5) is 0. The molecule has 1 fully saturated rings. The minimum absolute atomic E-state index is 0.228. The van der Waals surface area contributed by atoms with E-state index >= 15 is 0 Å². The van der Waals surface area contributed by atoms with Crippen LogP contribution in [-0.2, 0) is 0 Å². The van der Waals surface area contributed by atoms with E-state index in [0.717, 1.165) is 10.9 Å². The van der Waals surface area contributed by atoms with Crippen LogP contribution in [0.25, 0.3) is 0 Å². The molecule has 1 aliphatic rings. The summed E-state index contributed by atoms with van der Waals surface area (Å²) in [6, 6.07) is 8.83. The molecule has 0 aliphatic heterocycles. The van der Waals surface area contributed by atoms with E-state index in [0.29, 0.717) is 12.1 Å². The molecule has 3 atom stereocenters. The van der Waals surface area contributed by atoms with Gasteiger partial charge in [0.2, 0.25) is 0 Å². The Morgan fingerprint density at radius 3 is 2.39 bits per heavy atom. The summed E-state index contributed by atoms with van der Waals surface area (Å²) in [6.07, 6.45) is 2.58. The highest BCUT2D eigenvalue weighted by Crippen LogP contribution is 2.41. The molecule has 2 rings (SSSR count). The summed E-state index contributed by atoms with van der Waals surface area (Å²) >= 11 is 5.94. The number of nitrogens with one attached hydrogen (secondary N) is 1. The smallest absolute Gasteiger partial charge is 0.0471 e. The van der Waals surface area contributed by atoms with Crippen LogP contribution in [0.2, 0.25) is 5.02 Å². The van der Waals surface area contributed by atoms with Crippen molar-refractivity contribution in [2.24, 2.45) is 11.8 Å². The van der Waals surface area contributed by atoms with Crippen LogP contribution in [0.3, 0.4) is 0 Å². The van der Waals surface area contributed by atoms with Crippen molar-refractivity contribution in [3.05, 3.63) is 34.9 Å². The fourth-order valence-corrected chi connectivity index (χ4v) is 2.34. The molecule has 0 radical (unpaired) electrons. The number of hydrogen-bond acceptors (Lipinski definition) is 2. The number of hydrogen-bond donors (Lipinski definition) is 2. The Balaban J connectivity index is 2.06. The van der Waals surface area contributed by atoms with E-state index in [1.807, 2.05) is 12.1 Å². The first kappa shape index (κ1) is 13.9. The van der Waals surface area contributed by atoms with Gasteiger partial charge in [0.15, 0.2) is 0 Å². The maximum absolute atomic E-state index is 9.22. The molecule has 1 aromatic carbocycles. The largest absolute Gasteiger partial charge is 0.396 e. The second-order valence-corrected chi connectivity index (χ2v) is 5.92. The monoisotopic (exact) mass is 267 g/mol. The minimum atomic E-state index is 0.228. The van der Waals surface area contributed by atoms with Crippen LogP contribution < -0.4 is 5.32 Å². The normalized spacial score (nSPS) is 20.4. The average Bonchev–Trinajstić information content (AvgIpc) is 3.20. The van der Waals surface area contributed by atoms with Gasteiger partial charge < -0.3 is 10.4 Å². The van der Waals surface area contributed by atoms with Gasteiger partial charge >= 0.3 is 0 Å². The molecule has 18 heavy (non-hydrogen) atoms. The number of rotatable bonds is 6. The number of aliphatic hydroxyl groups is 1.